The summed E-state index contributed by atoms with van der Waals surface area (Å²) in [6.07, 6.45) is 2.18. The number of carbonyl (C=O) groups is 1. The lowest BCUT2D eigenvalue weighted by Gasteiger charge is -2.12. The van der Waals surface area contributed by atoms with Gasteiger partial charge in [-0.05, 0) is 37.3 Å². The fourth-order valence-electron chi connectivity index (χ4n) is 2.94. The molecule has 0 saturated carbocycles. The Balaban J connectivity index is 1.37. The number of aromatic nitrogens is 1. The molecule has 0 aliphatic rings. The number of amides is 1. The Bertz CT molecular complexity index is 1040. The van der Waals surface area contributed by atoms with Crippen molar-refractivity contribution in [2.45, 2.75) is 26.0 Å². The fourth-order valence-corrected chi connectivity index (χ4v) is 4.03. The van der Waals surface area contributed by atoms with Crippen LogP contribution in [0.1, 0.15) is 28.0 Å². The van der Waals surface area contributed by atoms with Crippen LogP contribution in [-0.4, -0.2) is 16.9 Å². The summed E-state index contributed by atoms with van der Waals surface area (Å²) in [5.41, 5.74) is 1.71. The molecule has 0 aliphatic heterocycles. The van der Waals surface area contributed by atoms with Crippen LogP contribution in [-0.2, 0) is 13.0 Å². The van der Waals surface area contributed by atoms with E-state index in [9.17, 15) is 4.79 Å². The minimum Gasteiger partial charge on any atom is -0.489 e. The maximum Gasteiger partial charge on any atom is 0.287 e. The lowest BCUT2D eigenvalue weighted by molar-refractivity contribution is 0.0908. The third-order valence-corrected chi connectivity index (χ3v) is 5.35. The van der Waals surface area contributed by atoms with Gasteiger partial charge in [-0.1, -0.05) is 30.3 Å². The number of carbonyl (C=O) groups excluding carboxylic acids is 1. The molecule has 28 heavy (non-hydrogen) atoms. The van der Waals surface area contributed by atoms with Crippen molar-refractivity contribution in [2.24, 2.45) is 0 Å². The van der Waals surface area contributed by atoms with Gasteiger partial charge in [0.25, 0.3) is 5.91 Å². The minimum absolute atomic E-state index is 0.0685. The second-order valence-electron chi connectivity index (χ2n) is 6.53. The first-order valence-electron chi connectivity index (χ1n) is 9.08. The van der Waals surface area contributed by atoms with Gasteiger partial charge in [0.2, 0.25) is 0 Å². The molecule has 0 radical (unpaired) electrons. The zero-order valence-electron chi connectivity index (χ0n) is 15.4. The van der Waals surface area contributed by atoms with Gasteiger partial charge in [-0.2, -0.15) is 0 Å². The van der Waals surface area contributed by atoms with Crippen molar-refractivity contribution >= 4 is 27.5 Å². The zero-order valence-corrected chi connectivity index (χ0v) is 16.2. The highest BCUT2D eigenvalue weighted by atomic mass is 32.1. The van der Waals surface area contributed by atoms with Crippen LogP contribution >= 0.6 is 11.3 Å². The maximum atomic E-state index is 12.6. The number of nitrogens with one attached hydrogen (secondary N) is 1. The number of thiazole rings is 1. The summed E-state index contributed by atoms with van der Waals surface area (Å²) in [7, 11) is 0. The second-order valence-corrected chi connectivity index (χ2v) is 7.65. The molecule has 142 valence electrons. The average molecular weight is 392 g/mol. The average Bonchev–Trinajstić information content (AvgIpc) is 3.33. The Hall–Kier alpha value is -3.12. The van der Waals surface area contributed by atoms with Gasteiger partial charge in [0, 0.05) is 18.0 Å². The standard InChI is InChI=1S/C22H20N2O3S/c1-15(13-20-24-18-9-5-6-10-19(18)28-20)23-22(25)21-16(11-12-26-21)14-27-17-7-3-2-4-8-17/h2-12,15H,13-14H2,1H3,(H,23,25)/t15-/m0/s1. The van der Waals surface area contributed by atoms with E-state index in [2.05, 4.69) is 16.4 Å². The molecule has 0 unspecified atom stereocenters. The van der Waals surface area contributed by atoms with Gasteiger partial charge in [0.1, 0.15) is 12.4 Å². The fraction of sp³-hybridized carbons (Fsp3) is 0.182. The van der Waals surface area contributed by atoms with Crippen LogP contribution in [0.4, 0.5) is 0 Å². The van der Waals surface area contributed by atoms with Crippen molar-refractivity contribution < 1.29 is 13.9 Å². The number of ether oxygens (including phenoxy) is 1. The molecule has 6 heteroatoms. The quantitative estimate of drug-likeness (QED) is 0.489. The van der Waals surface area contributed by atoms with Crippen molar-refractivity contribution in [3.63, 3.8) is 0 Å². The highest BCUT2D eigenvalue weighted by molar-refractivity contribution is 7.18. The molecular formula is C22H20N2O3S. The van der Waals surface area contributed by atoms with Crippen LogP contribution in [0.25, 0.3) is 10.2 Å². The molecule has 2 heterocycles. The lowest BCUT2D eigenvalue weighted by Crippen LogP contribution is -2.34. The number of rotatable bonds is 7. The number of nitrogens with zero attached hydrogens (tertiary/aromatic N) is 1. The minimum atomic E-state index is -0.245. The molecule has 0 bridgehead atoms. The molecule has 1 N–H and O–H groups in total. The number of hydrogen-bond acceptors (Lipinski definition) is 5. The summed E-state index contributed by atoms with van der Waals surface area (Å²) in [6.45, 7) is 2.24. The van der Waals surface area contributed by atoms with Crippen LogP contribution in [0.3, 0.4) is 0 Å². The molecule has 2 aromatic heterocycles. The molecule has 2 aromatic carbocycles. The number of fused-ring (bicyclic) bond motifs is 1. The van der Waals surface area contributed by atoms with E-state index in [1.807, 2.05) is 55.5 Å². The molecule has 1 amide bonds. The van der Waals surface area contributed by atoms with Gasteiger partial charge < -0.3 is 14.5 Å². The van der Waals surface area contributed by atoms with E-state index in [1.54, 1.807) is 17.4 Å². The number of furan rings is 1. The predicted molar refractivity (Wildman–Crippen MR) is 110 cm³/mol. The molecule has 5 nitrogen and oxygen atoms in total. The van der Waals surface area contributed by atoms with Gasteiger partial charge in [0.15, 0.2) is 5.76 Å². The predicted octanol–water partition coefficient (Wildman–Crippen LogP) is 4.83. The number of para-hydroxylation sites is 2. The van der Waals surface area contributed by atoms with Crippen molar-refractivity contribution in [2.75, 3.05) is 0 Å². The largest absolute Gasteiger partial charge is 0.489 e. The van der Waals surface area contributed by atoms with Crippen LogP contribution in [0.2, 0.25) is 0 Å². The van der Waals surface area contributed by atoms with Gasteiger partial charge >= 0.3 is 0 Å². The normalized spacial score (nSPS) is 12.0. The first-order chi connectivity index (χ1) is 13.7. The van der Waals surface area contributed by atoms with Crippen molar-refractivity contribution in [3.8, 4) is 5.75 Å². The van der Waals surface area contributed by atoms with Crippen LogP contribution in [0.5, 0.6) is 5.75 Å². The number of benzene rings is 2. The molecule has 4 aromatic rings. The van der Waals surface area contributed by atoms with Crippen LogP contribution in [0, 0.1) is 0 Å². The van der Waals surface area contributed by atoms with E-state index in [0.717, 1.165) is 21.0 Å². The van der Waals surface area contributed by atoms with E-state index >= 15 is 0 Å². The summed E-state index contributed by atoms with van der Waals surface area (Å²) in [5, 5.41) is 3.99. The summed E-state index contributed by atoms with van der Waals surface area (Å²) >= 11 is 1.65. The zero-order chi connectivity index (χ0) is 19.3. The second kappa shape index (κ2) is 8.27. The molecule has 0 spiro atoms. The van der Waals surface area contributed by atoms with Crippen LogP contribution in [0.15, 0.2) is 71.3 Å². The van der Waals surface area contributed by atoms with Crippen molar-refractivity contribution in [1.29, 1.82) is 0 Å². The summed E-state index contributed by atoms with van der Waals surface area (Å²) in [4.78, 5) is 17.3. The highest BCUT2D eigenvalue weighted by Crippen LogP contribution is 2.22. The SMILES string of the molecule is C[C@@H](Cc1nc2ccccc2s1)NC(=O)c1occc1COc1ccccc1. The topological polar surface area (TPSA) is 64.4 Å². The van der Waals surface area contributed by atoms with Crippen molar-refractivity contribution in [3.05, 3.63) is 83.3 Å². The third kappa shape index (κ3) is 4.23. The Morgan fingerprint density at radius 3 is 2.75 bits per heavy atom. The Morgan fingerprint density at radius 1 is 1.14 bits per heavy atom. The first kappa shape index (κ1) is 18.3. The van der Waals surface area contributed by atoms with Crippen LogP contribution < -0.4 is 10.1 Å². The molecular weight excluding hydrogens is 372 g/mol. The van der Waals surface area contributed by atoms with Gasteiger partial charge in [-0.3, -0.25) is 4.79 Å². The van der Waals surface area contributed by atoms with E-state index in [4.69, 9.17) is 9.15 Å². The Labute approximate surface area is 167 Å². The molecule has 0 saturated heterocycles. The maximum absolute atomic E-state index is 12.6. The van der Waals surface area contributed by atoms with Gasteiger partial charge in [-0.15, -0.1) is 11.3 Å². The van der Waals surface area contributed by atoms with E-state index in [-0.39, 0.29) is 24.3 Å². The molecule has 1 atom stereocenters. The first-order valence-corrected chi connectivity index (χ1v) is 9.90. The Kier molecular flexibility index (Phi) is 5.39. The summed E-state index contributed by atoms with van der Waals surface area (Å²) < 4.78 is 12.3. The van der Waals surface area contributed by atoms with E-state index in [0.29, 0.717) is 12.0 Å². The van der Waals surface area contributed by atoms with Gasteiger partial charge in [-0.25, -0.2) is 4.98 Å². The third-order valence-electron chi connectivity index (χ3n) is 4.29. The highest BCUT2D eigenvalue weighted by Gasteiger charge is 2.19. The monoisotopic (exact) mass is 392 g/mol. The van der Waals surface area contributed by atoms with E-state index < -0.39 is 0 Å². The van der Waals surface area contributed by atoms with E-state index in [1.165, 1.54) is 6.26 Å². The summed E-state index contributed by atoms with van der Waals surface area (Å²) in [5.74, 6) is 0.789. The summed E-state index contributed by atoms with van der Waals surface area (Å²) in [6, 6.07) is 19.2. The lowest BCUT2D eigenvalue weighted by atomic mass is 10.2. The van der Waals surface area contributed by atoms with Gasteiger partial charge in [0.05, 0.1) is 21.5 Å². The molecule has 0 fully saturated rings. The Morgan fingerprint density at radius 2 is 1.93 bits per heavy atom. The smallest absolute Gasteiger partial charge is 0.287 e. The molecule has 0 aliphatic carbocycles. The van der Waals surface area contributed by atoms with Crippen molar-refractivity contribution in [1.82, 2.24) is 10.3 Å². The molecule has 4 rings (SSSR count). The number of hydrogen-bond donors (Lipinski definition) is 1.